The number of ketones is 2. The third-order valence-electron chi connectivity index (χ3n) is 14.9. The minimum absolute atomic E-state index is 0.00841. The van der Waals surface area contributed by atoms with Crippen LogP contribution < -0.4 is 11.1 Å². The van der Waals surface area contributed by atoms with Gasteiger partial charge in [-0.1, -0.05) is 43.3 Å². The number of allylic oxidation sites excluding steroid dienone is 4. The number of aromatic nitrogens is 1. The third-order valence-corrected chi connectivity index (χ3v) is 14.9. The molecule has 0 radical (unpaired) electrons. The highest BCUT2D eigenvalue weighted by atomic mass is 19.1. The number of rotatable bonds is 11. The number of ether oxygens (including phenoxy) is 4. The number of benzene rings is 3. The van der Waals surface area contributed by atoms with Gasteiger partial charge in [0.25, 0.3) is 0 Å². The molecule has 3 aromatic carbocycles. The fourth-order valence-corrected chi connectivity index (χ4v) is 11.7. The van der Waals surface area contributed by atoms with Crippen molar-refractivity contribution >= 4 is 45.9 Å². The van der Waals surface area contributed by atoms with Gasteiger partial charge in [0.05, 0.1) is 29.3 Å². The number of amides is 1. The Morgan fingerprint density at radius 2 is 1.62 bits per heavy atom. The standard InChI is InChI=1S/C51H51F2N3O10/c1-47(2)65-43-22-37-38-21-40(52)39-20-35(57)15-17-48(39,3)50(38,53)41(58)23-49(37,4)51(43,66-47)42(59)27-64-46(62)31-11-9-30(10-12-31)45(61)63-26-28-5-7-29(8-6-28)36(24-54)44(60)56-34-14-13-33-25-55-18-16-32(33)19-34/h5-20,25,36-38,40-41,43,58H,21-24,26-27,54H2,1-4H3,(H,56,60)/t36-,37+,38+,40+,41+,43-,48+,49+,50+,51-/m1/s1. The number of carbonyl (C=O) groups is 5. The van der Waals surface area contributed by atoms with E-state index in [1.807, 2.05) is 18.2 Å². The van der Waals surface area contributed by atoms with Gasteiger partial charge < -0.3 is 35.1 Å². The van der Waals surface area contributed by atoms with E-state index in [0.717, 1.165) is 16.8 Å². The quantitative estimate of drug-likeness (QED) is 0.133. The molecule has 4 fully saturated rings. The highest BCUT2D eigenvalue weighted by Crippen LogP contribution is 2.72. The maximum absolute atomic E-state index is 17.8. The lowest BCUT2D eigenvalue weighted by Crippen LogP contribution is -2.71. The molecule has 15 heteroatoms. The molecular formula is C51H51F2N3O10. The number of anilines is 1. The van der Waals surface area contributed by atoms with Crippen LogP contribution in [0.2, 0.25) is 0 Å². The number of nitrogens with one attached hydrogen (secondary N) is 1. The van der Waals surface area contributed by atoms with Gasteiger partial charge >= 0.3 is 11.9 Å². The summed E-state index contributed by atoms with van der Waals surface area (Å²) in [5, 5.41) is 16.6. The lowest BCUT2D eigenvalue weighted by atomic mass is 9.44. The zero-order valence-corrected chi connectivity index (χ0v) is 36.9. The van der Waals surface area contributed by atoms with Gasteiger partial charge in [-0.05, 0) is 123 Å². The summed E-state index contributed by atoms with van der Waals surface area (Å²) in [6.45, 7) is 5.75. The van der Waals surface area contributed by atoms with Crippen LogP contribution in [-0.2, 0) is 39.9 Å². The van der Waals surface area contributed by atoms with E-state index in [0.29, 0.717) is 16.8 Å². The smallest absolute Gasteiger partial charge is 0.338 e. The van der Waals surface area contributed by atoms with Crippen LogP contribution in [0.4, 0.5) is 14.5 Å². The first-order valence-corrected chi connectivity index (χ1v) is 22.1. The summed E-state index contributed by atoms with van der Waals surface area (Å²) in [4.78, 5) is 70.5. The van der Waals surface area contributed by atoms with Crippen LogP contribution in [-0.4, -0.2) is 88.1 Å². The summed E-state index contributed by atoms with van der Waals surface area (Å²) < 4.78 is 57.6. The van der Waals surface area contributed by atoms with Gasteiger partial charge in [0, 0.05) is 46.8 Å². The van der Waals surface area contributed by atoms with Crippen LogP contribution in [0.1, 0.15) is 84.7 Å². The Morgan fingerprint density at radius 3 is 2.32 bits per heavy atom. The van der Waals surface area contributed by atoms with Gasteiger partial charge in [-0.3, -0.25) is 19.4 Å². The van der Waals surface area contributed by atoms with Crippen molar-refractivity contribution in [3.8, 4) is 0 Å². The summed E-state index contributed by atoms with van der Waals surface area (Å²) >= 11 is 0. The molecule has 0 spiro atoms. The number of nitrogens with zero attached hydrogens (tertiary/aromatic N) is 1. The zero-order valence-electron chi connectivity index (χ0n) is 36.9. The monoisotopic (exact) mass is 903 g/mol. The van der Waals surface area contributed by atoms with Crippen molar-refractivity contribution in [2.45, 2.75) is 94.9 Å². The van der Waals surface area contributed by atoms with Gasteiger partial charge in [-0.15, -0.1) is 0 Å². The largest absolute Gasteiger partial charge is 0.457 e. The van der Waals surface area contributed by atoms with Gasteiger partial charge in [0.2, 0.25) is 11.7 Å². The van der Waals surface area contributed by atoms with E-state index in [1.54, 1.807) is 63.5 Å². The molecule has 344 valence electrons. The van der Waals surface area contributed by atoms with Crippen molar-refractivity contribution in [1.29, 1.82) is 0 Å². The predicted molar refractivity (Wildman–Crippen MR) is 236 cm³/mol. The van der Waals surface area contributed by atoms with Crippen LogP contribution in [0.3, 0.4) is 0 Å². The van der Waals surface area contributed by atoms with Crippen LogP contribution in [0.15, 0.2) is 109 Å². The molecule has 4 aromatic rings. The third kappa shape index (κ3) is 7.18. The molecule has 10 atom stereocenters. The lowest BCUT2D eigenvalue weighted by molar-refractivity contribution is -0.248. The van der Waals surface area contributed by atoms with Crippen molar-refractivity contribution in [2.75, 3.05) is 18.5 Å². The van der Waals surface area contributed by atoms with E-state index in [1.165, 1.54) is 43.3 Å². The highest BCUT2D eigenvalue weighted by Gasteiger charge is 2.80. The summed E-state index contributed by atoms with van der Waals surface area (Å²) in [6, 6.07) is 19.9. The normalized spacial score (nSPS) is 32.0. The fraction of sp³-hybridized carbons (Fsp3) is 0.412. The second-order valence-corrected chi connectivity index (χ2v) is 19.0. The Labute approximate surface area is 379 Å². The number of Topliss-reactive ketones (excluding diaryl/α,β-unsaturated/α-hetero) is 1. The van der Waals surface area contributed by atoms with E-state index in [9.17, 15) is 29.1 Å². The van der Waals surface area contributed by atoms with Crippen LogP contribution in [0.5, 0.6) is 0 Å². The molecule has 0 unspecified atom stereocenters. The van der Waals surface area contributed by atoms with Crippen molar-refractivity contribution in [3.05, 3.63) is 131 Å². The average Bonchev–Trinajstić information content (AvgIpc) is 3.71. The minimum atomic E-state index is -2.37. The molecule has 1 aromatic heterocycles. The molecule has 2 heterocycles. The number of esters is 2. The Morgan fingerprint density at radius 1 is 0.924 bits per heavy atom. The molecule has 66 heavy (non-hydrogen) atoms. The molecular weight excluding hydrogens is 853 g/mol. The Bertz CT molecular complexity index is 2710. The number of hydrogen-bond donors (Lipinski definition) is 3. The van der Waals surface area contributed by atoms with Crippen LogP contribution in [0.25, 0.3) is 10.8 Å². The fourth-order valence-electron chi connectivity index (χ4n) is 11.7. The first-order valence-electron chi connectivity index (χ1n) is 22.1. The molecule has 1 amide bonds. The molecule has 9 rings (SSSR count). The Hall–Kier alpha value is -6.00. The second kappa shape index (κ2) is 16.4. The van der Waals surface area contributed by atoms with Crippen molar-refractivity contribution in [2.24, 2.45) is 28.4 Å². The molecule has 4 N–H and O–H groups in total. The number of aliphatic hydroxyl groups is 1. The molecule has 3 saturated carbocycles. The van der Waals surface area contributed by atoms with Crippen molar-refractivity contribution in [1.82, 2.24) is 4.98 Å². The number of fused-ring (bicyclic) bond motifs is 8. The van der Waals surface area contributed by atoms with E-state index in [2.05, 4.69) is 10.3 Å². The van der Waals surface area contributed by atoms with Crippen LogP contribution in [0, 0.1) is 22.7 Å². The number of alkyl halides is 2. The number of carbonyl (C=O) groups excluding carboxylic acids is 5. The maximum Gasteiger partial charge on any atom is 0.338 e. The SMILES string of the molecule is CC1(C)O[C@@H]2C[C@H]3[C@@H]4C[C@H](F)C5=CC(=O)C=C[C@]5(C)[C@@]4(F)[C@@H](O)C[C@]3(C)[C@]2(C(=O)COC(=O)c2ccc(C(=O)OCc3ccc([C@@H](CN)C(=O)Nc4ccc5cnccc5c4)cc3)cc2)O1. The predicted octanol–water partition coefficient (Wildman–Crippen LogP) is 6.82. The second-order valence-electron chi connectivity index (χ2n) is 19.0. The Kier molecular flexibility index (Phi) is 11.2. The van der Waals surface area contributed by atoms with Gasteiger partial charge in [0.15, 0.2) is 29.4 Å². The summed E-state index contributed by atoms with van der Waals surface area (Å²) in [7, 11) is 0. The number of halogens is 2. The number of hydrogen-bond acceptors (Lipinski definition) is 12. The van der Waals surface area contributed by atoms with Crippen LogP contribution >= 0.6 is 0 Å². The number of nitrogens with two attached hydrogens (primary N) is 1. The lowest BCUT2D eigenvalue weighted by Gasteiger charge is -2.63. The van der Waals surface area contributed by atoms with Gasteiger partial charge in [0.1, 0.15) is 12.8 Å². The molecule has 5 aliphatic rings. The first-order chi connectivity index (χ1) is 31.3. The van der Waals surface area contributed by atoms with Gasteiger partial charge in [-0.2, -0.15) is 0 Å². The highest BCUT2D eigenvalue weighted by molar-refractivity contribution is 6.02. The Balaban J connectivity index is 0.824. The molecule has 4 aliphatic carbocycles. The van der Waals surface area contributed by atoms with E-state index < -0.39 is 94.1 Å². The molecule has 1 aliphatic heterocycles. The van der Waals surface area contributed by atoms with Gasteiger partial charge in [-0.25, -0.2) is 18.4 Å². The zero-order chi connectivity index (χ0) is 47.0. The van der Waals surface area contributed by atoms with Crippen molar-refractivity contribution < 1.29 is 56.8 Å². The van der Waals surface area contributed by atoms with E-state index >= 15 is 8.78 Å². The summed E-state index contributed by atoms with van der Waals surface area (Å²) in [5.74, 6) is -6.55. The topological polar surface area (TPSA) is 193 Å². The average molecular weight is 904 g/mol. The maximum atomic E-state index is 17.8. The minimum Gasteiger partial charge on any atom is -0.457 e. The number of pyridine rings is 1. The van der Waals surface area contributed by atoms with E-state index in [-0.39, 0.29) is 55.0 Å². The first kappa shape index (κ1) is 45.2. The molecule has 0 bridgehead atoms. The number of aliphatic hydroxyl groups excluding tert-OH is 1. The van der Waals surface area contributed by atoms with E-state index in [4.69, 9.17) is 24.7 Å². The van der Waals surface area contributed by atoms with Crippen molar-refractivity contribution in [3.63, 3.8) is 0 Å². The molecule has 1 saturated heterocycles. The summed E-state index contributed by atoms with van der Waals surface area (Å²) in [6.07, 6.45) is 2.40. The molecule has 13 nitrogen and oxygen atoms in total. The summed E-state index contributed by atoms with van der Waals surface area (Å²) in [5.41, 5.74) is 1.15.